The number of nitrogens with zero attached hydrogens (tertiary/aromatic N) is 1. The minimum absolute atomic E-state index is 0.299. The third-order valence-corrected chi connectivity index (χ3v) is 2.95. The zero-order valence-corrected chi connectivity index (χ0v) is 12.1. The lowest BCUT2D eigenvalue weighted by atomic mass is 10.1. The molecule has 0 saturated carbocycles. The van der Waals surface area contributed by atoms with Crippen LogP contribution < -0.4 is 10.6 Å². The van der Waals surface area contributed by atoms with Crippen LogP contribution in [0.15, 0.2) is 18.2 Å². The molecule has 0 aliphatic rings. The van der Waals surface area contributed by atoms with Gasteiger partial charge in [-0.3, -0.25) is 0 Å². The van der Waals surface area contributed by atoms with E-state index in [2.05, 4.69) is 6.92 Å². The number of esters is 1. The van der Waals surface area contributed by atoms with Gasteiger partial charge in [-0.25, -0.2) is 4.79 Å². The number of nitrogen functional groups attached to an aromatic ring is 1. The quantitative estimate of drug-likeness (QED) is 0.467. The van der Waals surface area contributed by atoms with Gasteiger partial charge in [0.25, 0.3) is 0 Å². The number of rotatable bonds is 7. The van der Waals surface area contributed by atoms with E-state index in [1.807, 2.05) is 25.1 Å². The van der Waals surface area contributed by atoms with E-state index < -0.39 is 0 Å². The Morgan fingerprint density at radius 2 is 2.00 bits per heavy atom. The summed E-state index contributed by atoms with van der Waals surface area (Å²) in [5.41, 5.74) is 7.66. The van der Waals surface area contributed by atoms with Gasteiger partial charge in [0.05, 0.1) is 17.9 Å². The van der Waals surface area contributed by atoms with Crippen LogP contribution >= 0.6 is 0 Å². The van der Waals surface area contributed by atoms with Crippen LogP contribution in [0.4, 0.5) is 11.4 Å². The average molecular weight is 264 g/mol. The monoisotopic (exact) mass is 264 g/mol. The zero-order valence-electron chi connectivity index (χ0n) is 12.1. The van der Waals surface area contributed by atoms with E-state index >= 15 is 0 Å². The first-order chi connectivity index (χ1) is 9.06. The molecule has 0 aliphatic carbocycles. The number of ether oxygens (including phenoxy) is 1. The molecule has 0 saturated heterocycles. The molecule has 0 radical (unpaired) electrons. The van der Waals surface area contributed by atoms with Crippen molar-refractivity contribution in [2.24, 2.45) is 0 Å². The minimum atomic E-state index is -0.299. The molecule has 0 unspecified atom stereocenters. The Labute approximate surface area is 115 Å². The fraction of sp³-hybridized carbons (Fsp3) is 0.533. The van der Waals surface area contributed by atoms with Gasteiger partial charge in [0.15, 0.2) is 0 Å². The molecule has 0 spiro atoms. The van der Waals surface area contributed by atoms with Gasteiger partial charge in [-0.2, -0.15) is 0 Å². The van der Waals surface area contributed by atoms with Gasteiger partial charge >= 0.3 is 5.97 Å². The molecule has 4 heteroatoms. The van der Waals surface area contributed by atoms with Crippen LogP contribution in [0.25, 0.3) is 0 Å². The number of unbranched alkanes of at least 4 members (excludes halogenated alkanes) is 3. The summed E-state index contributed by atoms with van der Waals surface area (Å²) in [6.45, 7) is 2.63. The predicted octanol–water partition coefficient (Wildman–Crippen LogP) is 3.07. The molecule has 0 bridgehead atoms. The molecule has 0 fully saturated rings. The van der Waals surface area contributed by atoms with Crippen molar-refractivity contribution in [3.05, 3.63) is 23.8 Å². The SMILES string of the molecule is CCCCCCOC(=O)c1cc(N)ccc1N(C)C. The second-order valence-electron chi connectivity index (χ2n) is 4.87. The van der Waals surface area contributed by atoms with Crippen molar-refractivity contribution in [1.29, 1.82) is 0 Å². The second kappa shape index (κ2) is 7.67. The molecule has 106 valence electrons. The van der Waals surface area contributed by atoms with Crippen LogP contribution in [0, 0.1) is 0 Å². The van der Waals surface area contributed by atoms with E-state index in [1.165, 1.54) is 12.8 Å². The van der Waals surface area contributed by atoms with Crippen molar-refractivity contribution < 1.29 is 9.53 Å². The van der Waals surface area contributed by atoms with E-state index in [9.17, 15) is 4.79 Å². The Balaban J connectivity index is 2.63. The third-order valence-electron chi connectivity index (χ3n) is 2.95. The summed E-state index contributed by atoms with van der Waals surface area (Å²) in [7, 11) is 3.78. The molecule has 1 aromatic rings. The van der Waals surface area contributed by atoms with Crippen molar-refractivity contribution >= 4 is 17.3 Å². The van der Waals surface area contributed by atoms with Crippen LogP contribution in [-0.2, 0) is 4.74 Å². The molecule has 0 heterocycles. The van der Waals surface area contributed by atoms with Crippen LogP contribution in [0.2, 0.25) is 0 Å². The Morgan fingerprint density at radius 3 is 2.63 bits per heavy atom. The summed E-state index contributed by atoms with van der Waals surface area (Å²) < 4.78 is 5.30. The lowest BCUT2D eigenvalue weighted by molar-refractivity contribution is 0.0498. The standard InChI is InChI=1S/C15H24N2O2/c1-4-5-6-7-10-19-15(18)13-11-12(16)8-9-14(13)17(2)3/h8-9,11H,4-7,10,16H2,1-3H3. The number of carbonyl (C=O) groups is 1. The summed E-state index contributed by atoms with van der Waals surface area (Å²) in [5, 5.41) is 0. The fourth-order valence-corrected chi connectivity index (χ4v) is 1.88. The molecule has 1 rings (SSSR count). The number of nitrogens with two attached hydrogens (primary N) is 1. The fourth-order valence-electron chi connectivity index (χ4n) is 1.88. The maximum absolute atomic E-state index is 12.1. The van der Waals surface area contributed by atoms with E-state index in [4.69, 9.17) is 10.5 Å². The Hall–Kier alpha value is -1.71. The molecule has 2 N–H and O–H groups in total. The normalized spacial score (nSPS) is 10.3. The first-order valence-corrected chi connectivity index (χ1v) is 6.80. The maximum atomic E-state index is 12.1. The first-order valence-electron chi connectivity index (χ1n) is 6.80. The Kier molecular flexibility index (Phi) is 6.19. The number of carbonyl (C=O) groups excluding carboxylic acids is 1. The lowest BCUT2D eigenvalue weighted by Gasteiger charge is -2.17. The topological polar surface area (TPSA) is 55.6 Å². The van der Waals surface area contributed by atoms with E-state index in [1.54, 1.807) is 12.1 Å². The van der Waals surface area contributed by atoms with Crippen molar-refractivity contribution in [3.63, 3.8) is 0 Å². The van der Waals surface area contributed by atoms with Gasteiger partial charge in [0.1, 0.15) is 0 Å². The Bertz CT molecular complexity index is 417. The highest BCUT2D eigenvalue weighted by Crippen LogP contribution is 2.22. The molecule has 4 nitrogen and oxygen atoms in total. The van der Waals surface area contributed by atoms with Crippen LogP contribution in [0.5, 0.6) is 0 Å². The van der Waals surface area contributed by atoms with E-state index in [-0.39, 0.29) is 5.97 Å². The maximum Gasteiger partial charge on any atom is 0.340 e. The van der Waals surface area contributed by atoms with Crippen molar-refractivity contribution in [2.45, 2.75) is 32.6 Å². The van der Waals surface area contributed by atoms with Gasteiger partial charge < -0.3 is 15.4 Å². The van der Waals surface area contributed by atoms with Gasteiger partial charge in [0, 0.05) is 19.8 Å². The number of anilines is 2. The zero-order chi connectivity index (χ0) is 14.3. The van der Waals surface area contributed by atoms with Crippen LogP contribution in [0.1, 0.15) is 43.0 Å². The molecule has 19 heavy (non-hydrogen) atoms. The number of benzene rings is 1. The lowest BCUT2D eigenvalue weighted by Crippen LogP contribution is -2.16. The van der Waals surface area contributed by atoms with Gasteiger partial charge in [-0.05, 0) is 24.6 Å². The minimum Gasteiger partial charge on any atom is -0.462 e. The van der Waals surface area contributed by atoms with Gasteiger partial charge in [0.2, 0.25) is 0 Å². The Morgan fingerprint density at radius 1 is 1.26 bits per heavy atom. The molecular weight excluding hydrogens is 240 g/mol. The first kappa shape index (κ1) is 15.3. The average Bonchev–Trinajstić information content (AvgIpc) is 2.37. The smallest absolute Gasteiger partial charge is 0.340 e. The van der Waals surface area contributed by atoms with Crippen molar-refractivity contribution in [3.8, 4) is 0 Å². The highest BCUT2D eigenvalue weighted by Gasteiger charge is 2.14. The molecular formula is C15H24N2O2. The highest BCUT2D eigenvalue weighted by molar-refractivity contribution is 5.96. The molecule has 1 aromatic carbocycles. The summed E-state index contributed by atoms with van der Waals surface area (Å²) in [6, 6.07) is 5.29. The molecule has 0 aliphatic heterocycles. The van der Waals surface area contributed by atoms with Gasteiger partial charge in [-0.15, -0.1) is 0 Å². The summed E-state index contributed by atoms with van der Waals surface area (Å²) >= 11 is 0. The molecule has 0 atom stereocenters. The van der Waals surface area contributed by atoms with E-state index in [0.717, 1.165) is 18.5 Å². The predicted molar refractivity (Wildman–Crippen MR) is 79.6 cm³/mol. The van der Waals surface area contributed by atoms with Gasteiger partial charge in [-0.1, -0.05) is 26.2 Å². The van der Waals surface area contributed by atoms with Crippen LogP contribution in [0.3, 0.4) is 0 Å². The van der Waals surface area contributed by atoms with Crippen molar-refractivity contribution in [1.82, 2.24) is 0 Å². The number of hydrogen-bond donors (Lipinski definition) is 1. The van der Waals surface area contributed by atoms with E-state index in [0.29, 0.717) is 17.9 Å². The summed E-state index contributed by atoms with van der Waals surface area (Å²) in [4.78, 5) is 13.9. The molecule has 0 aromatic heterocycles. The molecule has 0 amide bonds. The largest absolute Gasteiger partial charge is 0.462 e. The summed E-state index contributed by atoms with van der Waals surface area (Å²) in [5.74, 6) is -0.299. The third kappa shape index (κ3) is 4.81. The van der Waals surface area contributed by atoms with Crippen LogP contribution in [-0.4, -0.2) is 26.7 Å². The second-order valence-corrected chi connectivity index (χ2v) is 4.87. The number of hydrogen-bond acceptors (Lipinski definition) is 4. The van der Waals surface area contributed by atoms with Crippen molar-refractivity contribution in [2.75, 3.05) is 31.3 Å². The summed E-state index contributed by atoms with van der Waals surface area (Å²) in [6.07, 6.45) is 4.37. The highest BCUT2D eigenvalue weighted by atomic mass is 16.5.